The van der Waals surface area contributed by atoms with Crippen molar-refractivity contribution in [2.75, 3.05) is 26.2 Å². The molecule has 1 fully saturated rings. The monoisotopic (exact) mass is 361 g/mol. The first kappa shape index (κ1) is 18.3. The molecule has 1 aliphatic rings. The molecule has 2 atom stereocenters. The average molecular weight is 362 g/mol. The number of carbonyl (C=O) groups is 1. The van der Waals surface area contributed by atoms with E-state index in [-0.39, 0.29) is 5.91 Å². The smallest absolute Gasteiger partial charge is 0.220 e. The van der Waals surface area contributed by atoms with Gasteiger partial charge in [0.25, 0.3) is 0 Å². The van der Waals surface area contributed by atoms with Crippen molar-refractivity contribution in [1.82, 2.24) is 15.2 Å². The van der Waals surface area contributed by atoms with E-state index in [1.54, 1.807) is 11.3 Å². The van der Waals surface area contributed by atoms with Gasteiger partial charge >= 0.3 is 0 Å². The first-order valence-electron chi connectivity index (χ1n) is 9.09. The zero-order valence-electron chi connectivity index (χ0n) is 15.0. The Kier molecular flexibility index (Phi) is 6.39. The molecule has 1 aromatic carbocycles. The van der Waals surface area contributed by atoms with Crippen molar-refractivity contribution < 1.29 is 9.53 Å². The normalized spacial score (nSPS) is 21.5. The molecule has 6 heteroatoms. The molecule has 0 radical (unpaired) electrons. The number of aromatic nitrogens is 1. The highest BCUT2D eigenvalue weighted by molar-refractivity contribution is 7.18. The Morgan fingerprint density at radius 1 is 1.32 bits per heavy atom. The number of ether oxygens (including phenoxy) is 1. The van der Waals surface area contributed by atoms with E-state index in [1.807, 2.05) is 18.2 Å². The van der Waals surface area contributed by atoms with Gasteiger partial charge in [0, 0.05) is 39.0 Å². The van der Waals surface area contributed by atoms with Crippen LogP contribution in [0.2, 0.25) is 0 Å². The molecule has 1 saturated heterocycles. The third-order valence-corrected chi connectivity index (χ3v) is 5.47. The number of rotatable bonds is 7. The Bertz CT molecular complexity index is 660. The summed E-state index contributed by atoms with van der Waals surface area (Å²) in [6.45, 7) is 7.94. The van der Waals surface area contributed by atoms with Crippen molar-refractivity contribution in [3.8, 4) is 0 Å². The highest BCUT2D eigenvalue weighted by atomic mass is 32.1. The molecule has 1 aliphatic heterocycles. The molecule has 5 nitrogen and oxygen atoms in total. The number of para-hydroxylation sites is 1. The summed E-state index contributed by atoms with van der Waals surface area (Å²) in [5.74, 6) is 0.114. The van der Waals surface area contributed by atoms with Crippen molar-refractivity contribution in [2.24, 2.45) is 0 Å². The van der Waals surface area contributed by atoms with Gasteiger partial charge in [-0.25, -0.2) is 4.98 Å². The second-order valence-electron chi connectivity index (χ2n) is 6.80. The standard InChI is InChI=1S/C19H27N3O2S/c1-14-12-22(13-15(2)24-14)11-5-10-20-18(23)8-9-19-21-16-6-3-4-7-17(16)25-19/h3-4,6-7,14-15H,5,8-13H2,1-2H3,(H,20,23). The van der Waals surface area contributed by atoms with Crippen LogP contribution >= 0.6 is 11.3 Å². The topological polar surface area (TPSA) is 54.5 Å². The fourth-order valence-corrected chi connectivity index (χ4v) is 4.30. The van der Waals surface area contributed by atoms with Crippen molar-refractivity contribution in [1.29, 1.82) is 0 Å². The molecule has 1 aromatic heterocycles. The number of nitrogens with one attached hydrogen (secondary N) is 1. The summed E-state index contributed by atoms with van der Waals surface area (Å²) in [7, 11) is 0. The summed E-state index contributed by atoms with van der Waals surface area (Å²) in [6.07, 6.45) is 2.79. The number of hydrogen-bond acceptors (Lipinski definition) is 5. The number of hydrogen-bond donors (Lipinski definition) is 1. The van der Waals surface area contributed by atoms with Crippen molar-refractivity contribution in [2.45, 2.75) is 45.3 Å². The number of benzene rings is 1. The van der Waals surface area contributed by atoms with E-state index in [2.05, 4.69) is 35.1 Å². The van der Waals surface area contributed by atoms with Gasteiger partial charge in [0.05, 0.1) is 27.4 Å². The Balaban J connectivity index is 1.33. The van der Waals surface area contributed by atoms with E-state index >= 15 is 0 Å². The molecule has 136 valence electrons. The number of aryl methyl sites for hydroxylation is 1. The number of amides is 1. The lowest BCUT2D eigenvalue weighted by Gasteiger charge is -2.35. The Morgan fingerprint density at radius 3 is 2.84 bits per heavy atom. The zero-order valence-corrected chi connectivity index (χ0v) is 15.8. The first-order chi connectivity index (χ1) is 12.1. The Hall–Kier alpha value is -1.50. The maximum atomic E-state index is 12.0. The van der Waals surface area contributed by atoms with E-state index in [1.165, 1.54) is 4.70 Å². The molecular formula is C19H27N3O2S. The van der Waals surface area contributed by atoms with Gasteiger partial charge in [-0.2, -0.15) is 0 Å². The highest BCUT2D eigenvalue weighted by Gasteiger charge is 2.21. The van der Waals surface area contributed by atoms with E-state index in [0.29, 0.717) is 25.0 Å². The predicted molar refractivity (Wildman–Crippen MR) is 102 cm³/mol. The quantitative estimate of drug-likeness (QED) is 0.771. The van der Waals surface area contributed by atoms with Crippen molar-refractivity contribution in [3.63, 3.8) is 0 Å². The number of morpholine rings is 1. The fraction of sp³-hybridized carbons (Fsp3) is 0.579. The largest absolute Gasteiger partial charge is 0.373 e. The predicted octanol–water partition coefficient (Wildman–Crippen LogP) is 2.84. The van der Waals surface area contributed by atoms with Gasteiger partial charge in [-0.15, -0.1) is 11.3 Å². The summed E-state index contributed by atoms with van der Waals surface area (Å²) in [6, 6.07) is 8.11. The van der Waals surface area contributed by atoms with Crippen molar-refractivity contribution in [3.05, 3.63) is 29.3 Å². The Labute approximate surface area is 153 Å². The van der Waals surface area contributed by atoms with E-state index in [9.17, 15) is 4.79 Å². The number of nitrogens with zero attached hydrogens (tertiary/aromatic N) is 2. The van der Waals surface area contributed by atoms with Crippen LogP contribution in [0.3, 0.4) is 0 Å². The Morgan fingerprint density at radius 2 is 2.08 bits per heavy atom. The lowest BCUT2D eigenvalue weighted by Crippen LogP contribution is -2.46. The molecule has 25 heavy (non-hydrogen) atoms. The lowest BCUT2D eigenvalue weighted by atomic mass is 10.2. The fourth-order valence-electron chi connectivity index (χ4n) is 3.33. The van der Waals surface area contributed by atoms with Gasteiger partial charge in [0.2, 0.25) is 5.91 Å². The van der Waals surface area contributed by atoms with Crippen LogP contribution in [0.25, 0.3) is 10.2 Å². The van der Waals surface area contributed by atoms with Crippen LogP contribution in [0.5, 0.6) is 0 Å². The van der Waals surface area contributed by atoms with Gasteiger partial charge in [0.1, 0.15) is 0 Å². The van der Waals surface area contributed by atoms with Crippen LogP contribution in [0.4, 0.5) is 0 Å². The van der Waals surface area contributed by atoms with Gasteiger partial charge < -0.3 is 10.1 Å². The zero-order chi connectivity index (χ0) is 17.6. The second-order valence-corrected chi connectivity index (χ2v) is 7.91. The molecular weight excluding hydrogens is 334 g/mol. The molecule has 2 unspecified atom stereocenters. The molecule has 0 spiro atoms. The lowest BCUT2D eigenvalue weighted by molar-refractivity contribution is -0.121. The summed E-state index contributed by atoms with van der Waals surface area (Å²) >= 11 is 1.68. The molecule has 0 bridgehead atoms. The third-order valence-electron chi connectivity index (χ3n) is 4.37. The molecule has 2 heterocycles. The van der Waals surface area contributed by atoms with Crippen LogP contribution in [0.15, 0.2) is 24.3 Å². The van der Waals surface area contributed by atoms with Gasteiger partial charge in [-0.05, 0) is 32.4 Å². The van der Waals surface area contributed by atoms with Gasteiger partial charge in [-0.1, -0.05) is 12.1 Å². The minimum absolute atomic E-state index is 0.114. The maximum absolute atomic E-state index is 12.0. The van der Waals surface area contributed by atoms with Crippen LogP contribution < -0.4 is 5.32 Å². The van der Waals surface area contributed by atoms with Crippen LogP contribution in [0.1, 0.15) is 31.7 Å². The molecule has 1 amide bonds. The molecule has 3 rings (SSSR count). The summed E-state index contributed by atoms with van der Waals surface area (Å²) in [4.78, 5) is 19.0. The number of thiazole rings is 1. The summed E-state index contributed by atoms with van der Waals surface area (Å²) in [5, 5.41) is 4.06. The summed E-state index contributed by atoms with van der Waals surface area (Å²) < 4.78 is 6.93. The minimum Gasteiger partial charge on any atom is -0.373 e. The SMILES string of the molecule is CC1CN(CCCNC(=O)CCc2nc3ccccc3s2)CC(C)O1. The minimum atomic E-state index is 0.114. The van der Waals surface area contributed by atoms with Gasteiger partial charge in [0.15, 0.2) is 0 Å². The number of carbonyl (C=O) groups excluding carboxylic acids is 1. The van der Waals surface area contributed by atoms with E-state index < -0.39 is 0 Å². The molecule has 1 N–H and O–H groups in total. The van der Waals surface area contributed by atoms with Gasteiger partial charge in [-0.3, -0.25) is 9.69 Å². The van der Waals surface area contributed by atoms with E-state index in [0.717, 1.165) is 43.1 Å². The third kappa shape index (κ3) is 5.49. The number of fused-ring (bicyclic) bond motifs is 1. The van der Waals surface area contributed by atoms with Crippen LogP contribution in [0, 0.1) is 0 Å². The summed E-state index contributed by atoms with van der Waals surface area (Å²) in [5.41, 5.74) is 1.02. The van der Waals surface area contributed by atoms with Crippen molar-refractivity contribution >= 4 is 27.5 Å². The first-order valence-corrected chi connectivity index (χ1v) is 9.91. The van der Waals surface area contributed by atoms with Crippen LogP contribution in [-0.4, -0.2) is 54.2 Å². The molecule has 2 aromatic rings. The average Bonchev–Trinajstić information content (AvgIpc) is 2.99. The second kappa shape index (κ2) is 8.74. The highest BCUT2D eigenvalue weighted by Crippen LogP contribution is 2.22. The van der Waals surface area contributed by atoms with E-state index in [4.69, 9.17) is 4.74 Å². The van der Waals surface area contributed by atoms with Crippen LogP contribution in [-0.2, 0) is 16.0 Å². The molecule has 0 aliphatic carbocycles. The maximum Gasteiger partial charge on any atom is 0.220 e. The molecule has 0 saturated carbocycles.